The van der Waals surface area contributed by atoms with E-state index < -0.39 is 0 Å². The third-order valence-corrected chi connectivity index (χ3v) is 2.72. The molecule has 0 bridgehead atoms. The van der Waals surface area contributed by atoms with Gasteiger partial charge in [-0.1, -0.05) is 22.6 Å². The van der Waals surface area contributed by atoms with Crippen molar-refractivity contribution in [3.05, 3.63) is 35.6 Å². The summed E-state index contributed by atoms with van der Waals surface area (Å²) in [5, 5.41) is 2.79. The van der Waals surface area contributed by atoms with E-state index in [2.05, 4.69) is 27.9 Å². The van der Waals surface area contributed by atoms with Crippen molar-refractivity contribution in [3.63, 3.8) is 0 Å². The molecule has 4 heteroatoms. The largest absolute Gasteiger partial charge is 0.352 e. The Balaban J connectivity index is 2.37. The van der Waals surface area contributed by atoms with Crippen molar-refractivity contribution in [1.29, 1.82) is 0 Å². The summed E-state index contributed by atoms with van der Waals surface area (Å²) in [4.78, 5) is 11.5. The zero-order valence-corrected chi connectivity index (χ0v) is 10.5. The van der Waals surface area contributed by atoms with E-state index in [4.69, 9.17) is 0 Å². The topological polar surface area (TPSA) is 29.1 Å². The normalized spacial score (nSPS) is 10.0. The first-order valence-corrected chi connectivity index (χ1v) is 6.36. The molecule has 0 atom stereocenters. The van der Waals surface area contributed by atoms with Gasteiger partial charge in [-0.2, -0.15) is 0 Å². The van der Waals surface area contributed by atoms with Gasteiger partial charge >= 0.3 is 0 Å². The third kappa shape index (κ3) is 4.59. The fourth-order valence-corrected chi connectivity index (χ4v) is 1.66. The number of carbonyl (C=O) groups excluding carboxylic acids is 1. The van der Waals surface area contributed by atoms with Crippen molar-refractivity contribution in [1.82, 2.24) is 5.32 Å². The van der Waals surface area contributed by atoms with E-state index in [0.29, 0.717) is 12.1 Å². The summed E-state index contributed by atoms with van der Waals surface area (Å²) < 4.78 is 13.7. The van der Waals surface area contributed by atoms with Crippen molar-refractivity contribution >= 4 is 28.5 Å². The van der Waals surface area contributed by atoms with Crippen LogP contribution in [0.1, 0.15) is 23.2 Å². The summed E-state index contributed by atoms with van der Waals surface area (Å²) in [6.07, 6.45) is 2.08. The minimum atomic E-state index is -0.323. The third-order valence-electron chi connectivity index (χ3n) is 1.95. The van der Waals surface area contributed by atoms with Gasteiger partial charge in [0.2, 0.25) is 0 Å². The minimum absolute atomic E-state index is 0.136. The van der Waals surface area contributed by atoms with Gasteiger partial charge in [0.05, 0.1) is 0 Å². The Kier molecular flexibility index (Phi) is 5.60. The molecule has 0 aliphatic rings. The molecule has 0 saturated heterocycles. The molecule has 0 aromatic heterocycles. The van der Waals surface area contributed by atoms with Crippen LogP contribution in [-0.2, 0) is 0 Å². The predicted octanol–water partition coefficient (Wildman–Crippen LogP) is 2.77. The average molecular weight is 321 g/mol. The summed E-state index contributed by atoms with van der Waals surface area (Å²) in [6.45, 7) is 0.680. The van der Waals surface area contributed by atoms with Crippen molar-refractivity contribution in [2.24, 2.45) is 0 Å². The monoisotopic (exact) mass is 321 g/mol. The highest BCUT2D eigenvalue weighted by Gasteiger charge is 2.03. The Morgan fingerprint density at radius 3 is 2.53 bits per heavy atom. The highest BCUT2D eigenvalue weighted by Crippen LogP contribution is 2.02. The van der Waals surface area contributed by atoms with Gasteiger partial charge in [-0.25, -0.2) is 4.39 Å². The quantitative estimate of drug-likeness (QED) is 0.504. The van der Waals surface area contributed by atoms with Gasteiger partial charge in [0.1, 0.15) is 5.82 Å². The van der Waals surface area contributed by atoms with Gasteiger partial charge in [0.15, 0.2) is 0 Å². The molecular formula is C11H13FINO. The zero-order valence-electron chi connectivity index (χ0n) is 8.30. The summed E-state index contributed by atoms with van der Waals surface area (Å²) in [7, 11) is 0. The van der Waals surface area contributed by atoms with Gasteiger partial charge in [-0.3, -0.25) is 4.79 Å². The lowest BCUT2D eigenvalue weighted by atomic mass is 10.2. The van der Waals surface area contributed by atoms with Crippen LogP contribution in [0.3, 0.4) is 0 Å². The number of unbranched alkanes of at least 4 members (excludes halogenated alkanes) is 1. The van der Waals surface area contributed by atoms with E-state index in [-0.39, 0.29) is 11.7 Å². The predicted molar refractivity (Wildman–Crippen MR) is 66.9 cm³/mol. The summed E-state index contributed by atoms with van der Waals surface area (Å²) in [6, 6.07) is 5.56. The molecule has 0 aliphatic heterocycles. The Labute approximate surface area is 102 Å². The van der Waals surface area contributed by atoms with Gasteiger partial charge < -0.3 is 5.32 Å². The molecule has 0 saturated carbocycles. The summed E-state index contributed by atoms with van der Waals surface area (Å²) >= 11 is 2.31. The van der Waals surface area contributed by atoms with Gasteiger partial charge in [-0.15, -0.1) is 0 Å². The zero-order chi connectivity index (χ0) is 11.1. The van der Waals surface area contributed by atoms with Crippen LogP contribution in [0, 0.1) is 5.82 Å². The van der Waals surface area contributed by atoms with Crippen molar-refractivity contribution in [2.75, 3.05) is 11.0 Å². The Morgan fingerprint density at radius 2 is 1.93 bits per heavy atom. The standard InChI is InChI=1S/C11H13FINO/c12-10-5-3-9(4-6-10)11(15)14-8-2-1-7-13/h3-6H,1-2,7-8H2,(H,14,15). The molecule has 0 spiro atoms. The van der Waals surface area contributed by atoms with Crippen LogP contribution >= 0.6 is 22.6 Å². The minimum Gasteiger partial charge on any atom is -0.352 e. The van der Waals surface area contributed by atoms with Crippen LogP contribution in [0.4, 0.5) is 4.39 Å². The first-order valence-electron chi connectivity index (χ1n) is 4.84. The second-order valence-corrected chi connectivity index (χ2v) is 4.24. The number of nitrogens with one attached hydrogen (secondary N) is 1. The van der Waals surface area contributed by atoms with Crippen molar-refractivity contribution in [3.8, 4) is 0 Å². The lowest BCUT2D eigenvalue weighted by molar-refractivity contribution is 0.0953. The number of amides is 1. The lowest BCUT2D eigenvalue weighted by Crippen LogP contribution is -2.24. The molecule has 1 amide bonds. The van der Waals surface area contributed by atoms with Gasteiger partial charge in [0, 0.05) is 12.1 Å². The van der Waals surface area contributed by atoms with E-state index in [1.54, 1.807) is 0 Å². The number of carbonyl (C=O) groups is 1. The molecule has 1 rings (SSSR count). The molecule has 2 nitrogen and oxygen atoms in total. The van der Waals surface area contributed by atoms with Crippen molar-refractivity contribution < 1.29 is 9.18 Å². The van der Waals surface area contributed by atoms with E-state index >= 15 is 0 Å². The number of hydrogen-bond acceptors (Lipinski definition) is 1. The SMILES string of the molecule is O=C(NCCCCI)c1ccc(F)cc1. The molecular weight excluding hydrogens is 308 g/mol. The molecule has 15 heavy (non-hydrogen) atoms. The fraction of sp³-hybridized carbons (Fsp3) is 0.364. The van der Waals surface area contributed by atoms with Crippen LogP contribution in [0.2, 0.25) is 0 Å². The van der Waals surface area contributed by atoms with Gasteiger partial charge in [0.25, 0.3) is 5.91 Å². The number of benzene rings is 1. The average Bonchev–Trinajstić information content (AvgIpc) is 2.25. The highest BCUT2D eigenvalue weighted by atomic mass is 127. The number of halogens is 2. The molecule has 0 aliphatic carbocycles. The van der Waals surface area contributed by atoms with Gasteiger partial charge in [-0.05, 0) is 41.5 Å². The highest BCUT2D eigenvalue weighted by molar-refractivity contribution is 14.1. The molecule has 1 N–H and O–H groups in total. The fourth-order valence-electron chi connectivity index (χ4n) is 1.12. The summed E-state index contributed by atoms with van der Waals surface area (Å²) in [5.41, 5.74) is 0.505. The van der Waals surface area contributed by atoms with Crippen LogP contribution in [0.5, 0.6) is 0 Å². The first-order chi connectivity index (χ1) is 7.24. The van der Waals surface area contributed by atoms with E-state index in [1.165, 1.54) is 24.3 Å². The van der Waals surface area contributed by atoms with Crippen molar-refractivity contribution in [2.45, 2.75) is 12.8 Å². The van der Waals surface area contributed by atoms with E-state index in [1.807, 2.05) is 0 Å². The van der Waals surface area contributed by atoms with Crippen LogP contribution in [0.25, 0.3) is 0 Å². The molecule has 0 heterocycles. The molecule has 1 aromatic carbocycles. The lowest BCUT2D eigenvalue weighted by Gasteiger charge is -2.03. The second-order valence-electron chi connectivity index (χ2n) is 3.16. The van der Waals surface area contributed by atoms with E-state index in [0.717, 1.165) is 17.3 Å². The molecule has 82 valence electrons. The maximum Gasteiger partial charge on any atom is 0.251 e. The molecule has 0 unspecified atom stereocenters. The first kappa shape index (κ1) is 12.4. The molecule has 1 aromatic rings. The van der Waals surface area contributed by atoms with Crippen LogP contribution in [0.15, 0.2) is 24.3 Å². The van der Waals surface area contributed by atoms with Crippen LogP contribution in [-0.4, -0.2) is 16.9 Å². The van der Waals surface area contributed by atoms with E-state index in [9.17, 15) is 9.18 Å². The summed E-state index contributed by atoms with van der Waals surface area (Å²) in [5.74, 6) is -0.458. The Bertz CT molecular complexity index is 313. The Hall–Kier alpha value is -0.650. The molecule has 0 radical (unpaired) electrons. The maximum absolute atomic E-state index is 12.6. The molecule has 0 fully saturated rings. The Morgan fingerprint density at radius 1 is 1.27 bits per heavy atom. The maximum atomic E-state index is 12.6. The second kappa shape index (κ2) is 6.76. The number of alkyl halides is 1. The smallest absolute Gasteiger partial charge is 0.251 e. The number of hydrogen-bond donors (Lipinski definition) is 1. The van der Waals surface area contributed by atoms with Crippen LogP contribution < -0.4 is 5.32 Å². The number of rotatable bonds is 5.